The lowest BCUT2D eigenvalue weighted by Gasteiger charge is -2.38. The van der Waals surface area contributed by atoms with E-state index in [0.717, 1.165) is 60.3 Å². The summed E-state index contributed by atoms with van der Waals surface area (Å²) in [6.07, 6.45) is 12.3. The molecule has 2 aliphatic rings. The fourth-order valence-electron chi connectivity index (χ4n) is 5.31. The lowest BCUT2D eigenvalue weighted by Crippen LogP contribution is -2.41. The van der Waals surface area contributed by atoms with Gasteiger partial charge in [0.15, 0.2) is 0 Å². The molecule has 1 atom stereocenters. The van der Waals surface area contributed by atoms with Crippen LogP contribution in [-0.2, 0) is 11.3 Å². The van der Waals surface area contributed by atoms with Gasteiger partial charge in [0.05, 0.1) is 53.9 Å². The quantitative estimate of drug-likeness (QED) is 0.360. The number of hydrogen-bond acceptors (Lipinski definition) is 8. The number of hydrogen-bond donors (Lipinski definition) is 0. The minimum absolute atomic E-state index is 0.187. The van der Waals surface area contributed by atoms with Crippen LogP contribution >= 0.6 is 23.4 Å². The van der Waals surface area contributed by atoms with Crippen molar-refractivity contribution in [2.75, 3.05) is 24.6 Å². The topological polar surface area (TPSA) is 86.0 Å². The molecule has 8 nitrogen and oxygen atoms in total. The normalized spacial score (nSPS) is 19.1. The van der Waals surface area contributed by atoms with Crippen molar-refractivity contribution in [2.24, 2.45) is 5.41 Å². The average Bonchev–Trinajstić information content (AvgIpc) is 3.28. The van der Waals surface area contributed by atoms with Crippen molar-refractivity contribution in [3.8, 4) is 0 Å². The molecule has 0 saturated carbocycles. The Hall–Kier alpha value is -3.01. The smallest absolute Gasteiger partial charge is 0.263 e. The van der Waals surface area contributed by atoms with E-state index in [-0.39, 0.29) is 5.56 Å². The molecule has 0 radical (unpaired) electrons. The molecule has 190 valence electrons. The molecule has 0 N–H and O–H groups in total. The molecular formula is C27H27ClN6O2S. The van der Waals surface area contributed by atoms with E-state index in [9.17, 15) is 4.79 Å². The highest BCUT2D eigenvalue weighted by Crippen LogP contribution is 2.42. The van der Waals surface area contributed by atoms with Crippen molar-refractivity contribution in [3.05, 3.63) is 76.3 Å². The standard InChI is InChI=1S/C27H27ClN6O2S/c1-18-11-27(16-36-18)6-9-33(10-7-27)22-13-31-23(14-30-22)37-21-5-4-20-24(25(21)28)26(35)34(17-32-20)15-19-3-2-8-29-12-19/h2-5,8,12-14,17-18H,6-7,9-11,15-16H2,1H3/t18-/m0/s1. The third-order valence-corrected chi connectivity index (χ3v) is 8.83. The number of pyridine rings is 1. The highest BCUT2D eigenvalue weighted by atomic mass is 35.5. The molecule has 6 rings (SSSR count). The van der Waals surface area contributed by atoms with Gasteiger partial charge >= 0.3 is 0 Å². The van der Waals surface area contributed by atoms with Gasteiger partial charge in [-0.05, 0) is 55.4 Å². The van der Waals surface area contributed by atoms with E-state index in [2.05, 4.69) is 31.8 Å². The number of halogens is 1. The van der Waals surface area contributed by atoms with E-state index >= 15 is 0 Å². The van der Waals surface area contributed by atoms with Crippen molar-refractivity contribution >= 4 is 40.1 Å². The summed E-state index contributed by atoms with van der Waals surface area (Å²) in [5, 5.41) is 1.49. The molecule has 2 saturated heterocycles. The zero-order chi connectivity index (χ0) is 25.4. The van der Waals surface area contributed by atoms with Crippen LogP contribution in [0.1, 0.15) is 31.7 Å². The molecule has 3 aromatic heterocycles. The molecule has 10 heteroatoms. The number of benzene rings is 1. The maximum atomic E-state index is 13.3. The molecular weight excluding hydrogens is 508 g/mol. The Morgan fingerprint density at radius 3 is 2.70 bits per heavy atom. The molecule has 2 fully saturated rings. The van der Waals surface area contributed by atoms with Gasteiger partial charge in [-0.2, -0.15) is 0 Å². The Morgan fingerprint density at radius 2 is 2.00 bits per heavy atom. The van der Waals surface area contributed by atoms with Gasteiger partial charge in [-0.15, -0.1) is 0 Å². The van der Waals surface area contributed by atoms with Crippen molar-refractivity contribution < 1.29 is 4.74 Å². The van der Waals surface area contributed by atoms with Crippen molar-refractivity contribution in [1.29, 1.82) is 0 Å². The summed E-state index contributed by atoms with van der Waals surface area (Å²) in [7, 11) is 0. The summed E-state index contributed by atoms with van der Waals surface area (Å²) in [6.45, 7) is 5.34. The molecule has 5 heterocycles. The monoisotopic (exact) mass is 534 g/mol. The Kier molecular flexibility index (Phi) is 6.60. The zero-order valence-corrected chi connectivity index (χ0v) is 22.1. The van der Waals surface area contributed by atoms with E-state index in [1.165, 1.54) is 11.8 Å². The van der Waals surface area contributed by atoms with Crippen LogP contribution in [0.2, 0.25) is 5.02 Å². The van der Waals surface area contributed by atoms with Crippen LogP contribution in [0.4, 0.5) is 5.82 Å². The van der Waals surface area contributed by atoms with Crippen molar-refractivity contribution in [3.63, 3.8) is 0 Å². The van der Waals surface area contributed by atoms with E-state index in [1.807, 2.05) is 30.5 Å². The zero-order valence-electron chi connectivity index (χ0n) is 20.5. The van der Waals surface area contributed by atoms with Gasteiger partial charge in [0, 0.05) is 30.4 Å². The lowest BCUT2D eigenvalue weighted by atomic mass is 9.77. The van der Waals surface area contributed by atoms with Gasteiger partial charge in [0.25, 0.3) is 5.56 Å². The van der Waals surface area contributed by atoms with Gasteiger partial charge in [-0.1, -0.05) is 29.4 Å². The van der Waals surface area contributed by atoms with Crippen LogP contribution < -0.4 is 10.5 Å². The molecule has 1 spiro atoms. The number of rotatable bonds is 5. The Morgan fingerprint density at radius 1 is 1.14 bits per heavy atom. The van der Waals surface area contributed by atoms with E-state index in [4.69, 9.17) is 16.3 Å². The first kappa shape index (κ1) is 24.3. The van der Waals surface area contributed by atoms with Crippen LogP contribution in [0.3, 0.4) is 0 Å². The van der Waals surface area contributed by atoms with E-state index in [1.54, 1.807) is 29.5 Å². The van der Waals surface area contributed by atoms with Crippen LogP contribution in [0.5, 0.6) is 0 Å². The highest BCUT2D eigenvalue weighted by molar-refractivity contribution is 7.99. The number of ether oxygens (including phenoxy) is 1. The Balaban J connectivity index is 1.18. The molecule has 0 bridgehead atoms. The second-order valence-corrected chi connectivity index (χ2v) is 11.4. The first-order valence-electron chi connectivity index (χ1n) is 12.4. The Bertz CT molecular complexity index is 1470. The fourth-order valence-corrected chi connectivity index (χ4v) is 6.43. The minimum Gasteiger partial charge on any atom is -0.378 e. The molecule has 0 amide bonds. The second kappa shape index (κ2) is 10.0. The van der Waals surface area contributed by atoms with Crippen molar-refractivity contribution in [2.45, 2.75) is 48.8 Å². The number of nitrogens with zero attached hydrogens (tertiary/aromatic N) is 6. The number of aromatic nitrogens is 5. The maximum Gasteiger partial charge on any atom is 0.263 e. The third-order valence-electron chi connectivity index (χ3n) is 7.34. The van der Waals surface area contributed by atoms with Crippen LogP contribution in [0, 0.1) is 5.41 Å². The van der Waals surface area contributed by atoms with Crippen LogP contribution in [-0.4, -0.2) is 50.3 Å². The van der Waals surface area contributed by atoms with Gasteiger partial charge < -0.3 is 9.64 Å². The summed E-state index contributed by atoms with van der Waals surface area (Å²) >= 11 is 8.13. The van der Waals surface area contributed by atoms with E-state index < -0.39 is 0 Å². The summed E-state index contributed by atoms with van der Waals surface area (Å²) in [5.74, 6) is 0.887. The average molecular weight is 535 g/mol. The largest absolute Gasteiger partial charge is 0.378 e. The summed E-state index contributed by atoms with van der Waals surface area (Å²) < 4.78 is 7.40. The van der Waals surface area contributed by atoms with Crippen LogP contribution in [0.25, 0.3) is 10.9 Å². The molecule has 4 aromatic rings. The fraction of sp³-hybridized carbons (Fsp3) is 0.370. The summed E-state index contributed by atoms with van der Waals surface area (Å²) in [5.41, 5.74) is 1.62. The minimum atomic E-state index is -0.187. The highest BCUT2D eigenvalue weighted by Gasteiger charge is 2.41. The second-order valence-electron chi connectivity index (χ2n) is 9.94. The number of piperidine rings is 1. The number of fused-ring (bicyclic) bond motifs is 1. The van der Waals surface area contributed by atoms with Gasteiger partial charge in [-0.3, -0.25) is 14.3 Å². The molecule has 37 heavy (non-hydrogen) atoms. The van der Waals surface area contributed by atoms with Crippen LogP contribution in [0.15, 0.2) is 70.1 Å². The first-order valence-corrected chi connectivity index (χ1v) is 13.6. The van der Waals surface area contributed by atoms with E-state index in [0.29, 0.717) is 34.0 Å². The molecule has 1 aromatic carbocycles. The third kappa shape index (κ3) is 4.95. The molecule has 0 aliphatic carbocycles. The lowest BCUT2D eigenvalue weighted by molar-refractivity contribution is 0.0976. The van der Waals surface area contributed by atoms with Gasteiger partial charge in [-0.25, -0.2) is 15.0 Å². The van der Waals surface area contributed by atoms with Gasteiger partial charge in [0.2, 0.25) is 0 Å². The maximum absolute atomic E-state index is 13.3. The SMILES string of the molecule is C[C@H]1CC2(CCN(c3cnc(Sc4ccc5ncn(Cc6cccnc6)c(=O)c5c4Cl)cn3)CC2)CO1. The van der Waals surface area contributed by atoms with Gasteiger partial charge in [0.1, 0.15) is 10.8 Å². The predicted molar refractivity (Wildman–Crippen MR) is 144 cm³/mol. The molecule has 0 unspecified atom stereocenters. The molecule has 2 aliphatic heterocycles. The number of anilines is 1. The summed E-state index contributed by atoms with van der Waals surface area (Å²) in [4.78, 5) is 34.2. The first-order chi connectivity index (χ1) is 18.0. The summed E-state index contributed by atoms with van der Waals surface area (Å²) in [6, 6.07) is 7.46. The van der Waals surface area contributed by atoms with Crippen molar-refractivity contribution in [1.82, 2.24) is 24.5 Å². The Labute approximate surface area is 224 Å². The predicted octanol–water partition coefficient (Wildman–Crippen LogP) is 4.83.